The van der Waals surface area contributed by atoms with Crippen LogP contribution in [0.1, 0.15) is 44.4 Å². The number of nitrogens with zero attached hydrogens (tertiary/aromatic N) is 1. The van der Waals surface area contributed by atoms with Crippen molar-refractivity contribution in [3.63, 3.8) is 0 Å². The van der Waals surface area contributed by atoms with Crippen LogP contribution in [0.25, 0.3) is 11.3 Å². The quantitative estimate of drug-likeness (QED) is 0.495. The maximum Gasteiger partial charge on any atom is 0.498 e. The lowest BCUT2D eigenvalue weighted by Gasteiger charge is -2.32. The Labute approximate surface area is 180 Å². The van der Waals surface area contributed by atoms with Gasteiger partial charge in [-0.1, -0.05) is 12.1 Å². The van der Waals surface area contributed by atoms with Gasteiger partial charge in [-0.2, -0.15) is 31.4 Å². The standard InChI is InChI=1S/C20H22BF7N2O2/c1-10-7-12(18(22,19(23,24)25)20(26,27)28)8-11(2)14(10)15-13(9-29-30-15)21-31-16(3,4)17(5,6)32-21/h7-9H,1-6H3,(H,29,30). The number of benzene rings is 1. The van der Waals surface area contributed by atoms with Gasteiger partial charge in [0.15, 0.2) is 0 Å². The normalized spacial score (nSPS) is 19.0. The molecule has 0 saturated carbocycles. The van der Waals surface area contributed by atoms with Gasteiger partial charge in [-0.05, 0) is 52.7 Å². The molecule has 0 unspecified atom stereocenters. The SMILES string of the molecule is Cc1cc(C(F)(C(F)(F)F)C(F)(F)F)cc(C)c1-c1[nH]ncc1B1OC(C)(C)C(C)(C)O1. The highest BCUT2D eigenvalue weighted by molar-refractivity contribution is 6.63. The Morgan fingerprint density at radius 1 is 0.844 bits per heavy atom. The van der Waals surface area contributed by atoms with Gasteiger partial charge in [-0.15, -0.1) is 0 Å². The third kappa shape index (κ3) is 3.61. The molecule has 3 rings (SSSR count). The molecule has 1 N–H and O–H groups in total. The maximum absolute atomic E-state index is 14.6. The number of nitrogens with one attached hydrogen (secondary N) is 1. The number of aryl methyl sites for hydroxylation is 2. The molecule has 176 valence electrons. The van der Waals surface area contributed by atoms with E-state index in [1.165, 1.54) is 20.0 Å². The first-order chi connectivity index (χ1) is 14.3. The van der Waals surface area contributed by atoms with E-state index in [2.05, 4.69) is 10.2 Å². The van der Waals surface area contributed by atoms with E-state index < -0.39 is 41.9 Å². The van der Waals surface area contributed by atoms with Crippen molar-refractivity contribution in [2.24, 2.45) is 0 Å². The molecule has 1 aromatic carbocycles. The molecule has 4 nitrogen and oxygen atoms in total. The Morgan fingerprint density at radius 3 is 1.69 bits per heavy atom. The number of H-pyrrole nitrogens is 1. The van der Waals surface area contributed by atoms with Crippen LogP contribution in [0.4, 0.5) is 30.7 Å². The number of aromatic nitrogens is 2. The molecule has 2 aromatic rings. The van der Waals surface area contributed by atoms with Gasteiger partial charge in [-0.3, -0.25) is 5.10 Å². The highest BCUT2D eigenvalue weighted by Gasteiger charge is 2.73. The van der Waals surface area contributed by atoms with Gasteiger partial charge < -0.3 is 9.31 Å². The summed E-state index contributed by atoms with van der Waals surface area (Å²) in [6.45, 7) is 9.91. The van der Waals surface area contributed by atoms with Crippen LogP contribution in [0.3, 0.4) is 0 Å². The van der Waals surface area contributed by atoms with E-state index in [0.29, 0.717) is 23.3 Å². The van der Waals surface area contributed by atoms with Crippen molar-refractivity contribution >= 4 is 12.6 Å². The summed E-state index contributed by atoms with van der Waals surface area (Å²) >= 11 is 0. The highest BCUT2D eigenvalue weighted by Crippen LogP contribution is 2.54. The molecule has 1 fully saturated rings. The van der Waals surface area contributed by atoms with E-state index >= 15 is 0 Å². The molecule has 0 atom stereocenters. The van der Waals surface area contributed by atoms with E-state index in [4.69, 9.17) is 9.31 Å². The van der Waals surface area contributed by atoms with E-state index in [9.17, 15) is 30.7 Å². The Bertz CT molecular complexity index is 975. The van der Waals surface area contributed by atoms with E-state index in [1.54, 1.807) is 0 Å². The molecule has 12 heteroatoms. The summed E-state index contributed by atoms with van der Waals surface area (Å²) in [7, 11) is -0.877. The second kappa shape index (κ2) is 7.21. The number of halogens is 7. The fourth-order valence-corrected chi connectivity index (χ4v) is 3.69. The van der Waals surface area contributed by atoms with E-state index in [0.717, 1.165) is 0 Å². The van der Waals surface area contributed by atoms with Crippen molar-refractivity contribution in [1.29, 1.82) is 0 Å². The molecule has 32 heavy (non-hydrogen) atoms. The monoisotopic (exact) mass is 466 g/mol. The second-order valence-electron chi connectivity index (χ2n) is 8.93. The lowest BCUT2D eigenvalue weighted by atomic mass is 9.76. The molecule has 2 heterocycles. The molecular weight excluding hydrogens is 444 g/mol. The molecular formula is C20H22BF7N2O2. The topological polar surface area (TPSA) is 47.1 Å². The van der Waals surface area contributed by atoms with Gasteiger partial charge in [0.05, 0.1) is 16.9 Å². The van der Waals surface area contributed by atoms with Crippen LogP contribution in [0.5, 0.6) is 0 Å². The van der Waals surface area contributed by atoms with Crippen LogP contribution >= 0.6 is 0 Å². The molecule has 0 radical (unpaired) electrons. The fraction of sp³-hybridized carbons (Fsp3) is 0.550. The Morgan fingerprint density at radius 2 is 1.28 bits per heavy atom. The first kappa shape index (κ1) is 24.6. The van der Waals surface area contributed by atoms with Crippen molar-refractivity contribution in [2.75, 3.05) is 0 Å². The molecule has 0 bridgehead atoms. The lowest BCUT2D eigenvalue weighted by molar-refractivity contribution is -0.348. The third-order valence-electron chi connectivity index (χ3n) is 6.14. The van der Waals surface area contributed by atoms with Crippen molar-refractivity contribution in [2.45, 2.75) is 70.8 Å². The zero-order chi connectivity index (χ0) is 24.5. The average Bonchev–Trinajstić information content (AvgIpc) is 3.13. The summed E-state index contributed by atoms with van der Waals surface area (Å²) in [5.41, 5.74) is -7.42. The summed E-state index contributed by atoms with van der Waals surface area (Å²) in [5.74, 6) is 0. The van der Waals surface area contributed by atoms with Gasteiger partial charge in [-0.25, -0.2) is 4.39 Å². The summed E-state index contributed by atoms with van der Waals surface area (Å²) in [4.78, 5) is 0. The van der Waals surface area contributed by atoms with Crippen molar-refractivity contribution in [3.8, 4) is 11.3 Å². The number of hydrogen-bond donors (Lipinski definition) is 1. The molecule has 1 aliphatic rings. The van der Waals surface area contributed by atoms with Gasteiger partial charge in [0.25, 0.3) is 0 Å². The first-order valence-corrected chi connectivity index (χ1v) is 9.67. The predicted octanol–water partition coefficient (Wildman–Crippen LogP) is 5.28. The molecule has 0 amide bonds. The summed E-state index contributed by atoms with van der Waals surface area (Å²) in [6, 6.07) is 1.11. The molecule has 0 spiro atoms. The Hall–Kier alpha value is -2.08. The number of aromatic amines is 1. The van der Waals surface area contributed by atoms with Crippen LogP contribution in [-0.4, -0.2) is 40.9 Å². The predicted molar refractivity (Wildman–Crippen MR) is 104 cm³/mol. The van der Waals surface area contributed by atoms with Gasteiger partial charge in [0.2, 0.25) is 0 Å². The van der Waals surface area contributed by atoms with Crippen molar-refractivity contribution in [1.82, 2.24) is 10.2 Å². The smallest absolute Gasteiger partial charge is 0.399 e. The van der Waals surface area contributed by atoms with Crippen LogP contribution in [0.2, 0.25) is 0 Å². The van der Waals surface area contributed by atoms with Crippen LogP contribution in [0.15, 0.2) is 18.3 Å². The van der Waals surface area contributed by atoms with Crippen LogP contribution in [-0.2, 0) is 15.0 Å². The second-order valence-corrected chi connectivity index (χ2v) is 8.93. The first-order valence-electron chi connectivity index (χ1n) is 9.67. The van der Waals surface area contributed by atoms with Crippen LogP contribution < -0.4 is 5.46 Å². The molecule has 1 aromatic heterocycles. The van der Waals surface area contributed by atoms with Gasteiger partial charge >= 0.3 is 25.1 Å². The summed E-state index contributed by atoms with van der Waals surface area (Å²) in [5, 5.41) is 6.66. The number of alkyl halides is 7. The minimum Gasteiger partial charge on any atom is -0.399 e. The molecule has 1 saturated heterocycles. The fourth-order valence-electron chi connectivity index (χ4n) is 3.69. The van der Waals surface area contributed by atoms with E-state index in [1.807, 2.05) is 27.7 Å². The summed E-state index contributed by atoms with van der Waals surface area (Å²) < 4.78 is 106. The van der Waals surface area contributed by atoms with E-state index in [-0.39, 0.29) is 16.7 Å². The zero-order valence-electron chi connectivity index (χ0n) is 18.2. The van der Waals surface area contributed by atoms with Crippen molar-refractivity contribution < 1.29 is 40.0 Å². The maximum atomic E-state index is 14.6. The zero-order valence-corrected chi connectivity index (χ0v) is 18.2. The lowest BCUT2D eigenvalue weighted by Crippen LogP contribution is -2.50. The number of rotatable bonds is 3. The Balaban J connectivity index is 2.12. The van der Waals surface area contributed by atoms with Gasteiger partial charge in [0.1, 0.15) is 0 Å². The largest absolute Gasteiger partial charge is 0.498 e. The Kier molecular flexibility index (Phi) is 5.54. The minimum absolute atomic E-state index is 0.00228. The highest BCUT2D eigenvalue weighted by atomic mass is 19.4. The third-order valence-corrected chi connectivity index (χ3v) is 6.14. The molecule has 0 aliphatic carbocycles. The van der Waals surface area contributed by atoms with Gasteiger partial charge in [0, 0.05) is 22.8 Å². The number of hydrogen-bond acceptors (Lipinski definition) is 3. The van der Waals surface area contributed by atoms with Crippen LogP contribution in [0, 0.1) is 13.8 Å². The molecule has 1 aliphatic heterocycles. The summed E-state index contributed by atoms with van der Waals surface area (Å²) in [6.07, 6.45) is -11.0. The van der Waals surface area contributed by atoms with Crippen molar-refractivity contribution in [3.05, 3.63) is 35.0 Å². The average molecular weight is 466 g/mol. The minimum atomic E-state index is -6.19.